The first kappa shape index (κ1) is 9.75. The van der Waals surface area contributed by atoms with E-state index < -0.39 is 0 Å². The number of fused-ring (bicyclic) bond motifs is 2. The van der Waals surface area contributed by atoms with E-state index in [-0.39, 0.29) is 17.5 Å². The summed E-state index contributed by atoms with van der Waals surface area (Å²) in [6.07, 6.45) is 6.55. The highest BCUT2D eigenvalue weighted by molar-refractivity contribution is 5.78. The zero-order valence-electron chi connectivity index (χ0n) is 9.12. The molecule has 0 radical (unpaired) electrons. The summed E-state index contributed by atoms with van der Waals surface area (Å²) in [5.41, 5.74) is -0.246. The predicted molar refractivity (Wildman–Crippen MR) is 54.7 cm³/mol. The highest BCUT2D eigenvalue weighted by atomic mass is 16.5. The molecular weight excluding hydrogens is 176 g/mol. The molecule has 1 fully saturated rings. The van der Waals surface area contributed by atoms with Gasteiger partial charge in [0, 0.05) is 0 Å². The van der Waals surface area contributed by atoms with Crippen LogP contribution in [0, 0.1) is 17.3 Å². The average Bonchev–Trinajstić information content (AvgIpc) is 2.62. The third-order valence-corrected chi connectivity index (χ3v) is 3.49. The molecule has 0 spiro atoms. The Kier molecular flexibility index (Phi) is 2.17. The summed E-state index contributed by atoms with van der Waals surface area (Å²) in [4.78, 5) is 11.9. The molecule has 0 heterocycles. The number of hydrogen-bond acceptors (Lipinski definition) is 2. The number of hydrogen-bond donors (Lipinski definition) is 0. The van der Waals surface area contributed by atoms with E-state index in [0.717, 1.165) is 12.8 Å². The van der Waals surface area contributed by atoms with Crippen molar-refractivity contribution in [2.45, 2.75) is 39.7 Å². The molecule has 1 saturated carbocycles. The fraction of sp³-hybridized carbons (Fsp3) is 0.750. The Morgan fingerprint density at radius 1 is 1.50 bits per heavy atom. The molecule has 0 aliphatic heterocycles. The Morgan fingerprint density at radius 2 is 2.21 bits per heavy atom. The highest BCUT2D eigenvalue weighted by Crippen LogP contribution is 2.52. The van der Waals surface area contributed by atoms with Gasteiger partial charge in [-0.15, -0.1) is 0 Å². The van der Waals surface area contributed by atoms with Crippen LogP contribution in [0.3, 0.4) is 0 Å². The Bertz CT molecular complexity index is 280. The van der Waals surface area contributed by atoms with Crippen molar-refractivity contribution in [1.82, 2.24) is 0 Å². The summed E-state index contributed by atoms with van der Waals surface area (Å²) in [7, 11) is 0. The summed E-state index contributed by atoms with van der Waals surface area (Å²) in [6, 6.07) is 0. The van der Waals surface area contributed by atoms with Crippen LogP contribution in [0.15, 0.2) is 12.2 Å². The number of rotatable bonds is 2. The van der Waals surface area contributed by atoms with Crippen molar-refractivity contribution in [3.63, 3.8) is 0 Å². The van der Waals surface area contributed by atoms with Gasteiger partial charge in [-0.05, 0) is 45.4 Å². The van der Waals surface area contributed by atoms with Gasteiger partial charge in [0.2, 0.25) is 0 Å². The van der Waals surface area contributed by atoms with Crippen LogP contribution in [-0.4, -0.2) is 12.1 Å². The van der Waals surface area contributed by atoms with E-state index in [2.05, 4.69) is 12.2 Å². The third-order valence-electron chi connectivity index (χ3n) is 3.49. The molecule has 2 bridgehead atoms. The van der Waals surface area contributed by atoms with Gasteiger partial charge in [0.15, 0.2) is 0 Å². The lowest BCUT2D eigenvalue weighted by Crippen LogP contribution is -2.35. The summed E-state index contributed by atoms with van der Waals surface area (Å²) >= 11 is 0. The first-order chi connectivity index (χ1) is 6.52. The molecule has 0 amide bonds. The molecule has 0 aromatic rings. The van der Waals surface area contributed by atoms with Gasteiger partial charge in [0.1, 0.15) is 0 Å². The monoisotopic (exact) mass is 194 g/mol. The van der Waals surface area contributed by atoms with Gasteiger partial charge >= 0.3 is 5.97 Å². The molecule has 3 atom stereocenters. The van der Waals surface area contributed by atoms with Gasteiger partial charge in [0.05, 0.1) is 11.5 Å². The normalized spacial score (nSPS) is 39.4. The number of carbonyl (C=O) groups excluding carboxylic acids is 1. The summed E-state index contributed by atoms with van der Waals surface area (Å²) in [5.74, 6) is 1.02. The van der Waals surface area contributed by atoms with E-state index in [0.29, 0.717) is 11.8 Å². The van der Waals surface area contributed by atoms with Crippen LogP contribution >= 0.6 is 0 Å². The summed E-state index contributed by atoms with van der Waals surface area (Å²) in [5, 5.41) is 0. The molecule has 2 aliphatic carbocycles. The van der Waals surface area contributed by atoms with Gasteiger partial charge in [0.25, 0.3) is 0 Å². The van der Waals surface area contributed by atoms with Crippen molar-refractivity contribution < 1.29 is 9.53 Å². The van der Waals surface area contributed by atoms with Crippen molar-refractivity contribution in [3.8, 4) is 0 Å². The molecule has 2 rings (SSSR count). The Hall–Kier alpha value is -0.790. The van der Waals surface area contributed by atoms with Crippen LogP contribution in [0.1, 0.15) is 33.6 Å². The van der Waals surface area contributed by atoms with Crippen LogP contribution in [0.25, 0.3) is 0 Å². The second kappa shape index (κ2) is 3.11. The van der Waals surface area contributed by atoms with Crippen molar-refractivity contribution in [2.24, 2.45) is 17.3 Å². The molecule has 0 aromatic carbocycles. The third kappa shape index (κ3) is 1.37. The maximum absolute atomic E-state index is 11.9. The van der Waals surface area contributed by atoms with Crippen LogP contribution in [0.4, 0.5) is 0 Å². The van der Waals surface area contributed by atoms with Crippen molar-refractivity contribution in [1.29, 1.82) is 0 Å². The summed E-state index contributed by atoms with van der Waals surface area (Å²) in [6.45, 7) is 5.86. The van der Waals surface area contributed by atoms with Crippen molar-refractivity contribution in [3.05, 3.63) is 12.2 Å². The molecule has 3 unspecified atom stereocenters. The molecule has 2 nitrogen and oxygen atoms in total. The Balaban J connectivity index is 2.10. The molecule has 0 saturated heterocycles. The number of esters is 1. The SMILES string of the molecule is CC(C)OC(=O)C1(C)CC2C=CC1C2. The minimum Gasteiger partial charge on any atom is -0.463 e. The lowest BCUT2D eigenvalue weighted by molar-refractivity contribution is -0.160. The minimum absolute atomic E-state index is 0.00225. The van der Waals surface area contributed by atoms with E-state index in [9.17, 15) is 4.79 Å². The van der Waals surface area contributed by atoms with E-state index in [1.54, 1.807) is 0 Å². The van der Waals surface area contributed by atoms with Crippen molar-refractivity contribution >= 4 is 5.97 Å². The quantitative estimate of drug-likeness (QED) is 0.499. The molecule has 2 heteroatoms. The lowest BCUT2D eigenvalue weighted by Gasteiger charge is -2.29. The lowest BCUT2D eigenvalue weighted by atomic mass is 9.78. The smallest absolute Gasteiger partial charge is 0.312 e. The fourth-order valence-electron chi connectivity index (χ4n) is 2.68. The van der Waals surface area contributed by atoms with Crippen LogP contribution in [0.5, 0.6) is 0 Å². The topological polar surface area (TPSA) is 26.3 Å². The van der Waals surface area contributed by atoms with E-state index in [1.807, 2.05) is 20.8 Å². The van der Waals surface area contributed by atoms with Gasteiger partial charge in [-0.25, -0.2) is 0 Å². The maximum Gasteiger partial charge on any atom is 0.312 e. The second-order valence-electron chi connectivity index (χ2n) is 5.06. The van der Waals surface area contributed by atoms with Gasteiger partial charge in [-0.2, -0.15) is 0 Å². The molecule has 0 N–H and O–H groups in total. The Morgan fingerprint density at radius 3 is 2.64 bits per heavy atom. The molecule has 78 valence electrons. The molecular formula is C12H18O2. The Labute approximate surface area is 85.3 Å². The minimum atomic E-state index is -0.246. The van der Waals surface area contributed by atoms with Crippen molar-refractivity contribution in [2.75, 3.05) is 0 Å². The standard InChI is InChI=1S/C12H18O2/c1-8(2)14-11(13)12(3)7-9-4-5-10(12)6-9/h4-5,8-10H,6-7H2,1-3H3. The van der Waals surface area contributed by atoms with Gasteiger partial charge in [-0.1, -0.05) is 12.2 Å². The number of carbonyl (C=O) groups is 1. The van der Waals surface area contributed by atoms with Crippen LogP contribution in [-0.2, 0) is 9.53 Å². The maximum atomic E-state index is 11.9. The predicted octanol–water partition coefficient (Wildman–Crippen LogP) is 2.54. The fourth-order valence-corrected chi connectivity index (χ4v) is 2.68. The van der Waals surface area contributed by atoms with Gasteiger partial charge in [-0.3, -0.25) is 4.79 Å². The first-order valence-electron chi connectivity index (χ1n) is 5.42. The zero-order valence-corrected chi connectivity index (χ0v) is 9.12. The van der Waals surface area contributed by atoms with E-state index in [4.69, 9.17) is 4.74 Å². The molecule has 14 heavy (non-hydrogen) atoms. The van der Waals surface area contributed by atoms with Gasteiger partial charge < -0.3 is 4.74 Å². The van der Waals surface area contributed by atoms with E-state index in [1.165, 1.54) is 0 Å². The van der Waals surface area contributed by atoms with E-state index >= 15 is 0 Å². The largest absolute Gasteiger partial charge is 0.463 e. The summed E-state index contributed by atoms with van der Waals surface area (Å²) < 4.78 is 5.32. The zero-order chi connectivity index (χ0) is 10.3. The second-order valence-corrected chi connectivity index (χ2v) is 5.06. The first-order valence-corrected chi connectivity index (χ1v) is 5.42. The average molecular weight is 194 g/mol. The highest BCUT2D eigenvalue weighted by Gasteiger charge is 2.51. The number of allylic oxidation sites excluding steroid dienone is 2. The number of ether oxygens (including phenoxy) is 1. The van der Waals surface area contributed by atoms with Crippen LogP contribution in [0.2, 0.25) is 0 Å². The molecule has 0 aromatic heterocycles. The molecule has 2 aliphatic rings. The van der Waals surface area contributed by atoms with Crippen LogP contribution < -0.4 is 0 Å².